The normalized spacial score (nSPS) is 22.8. The van der Waals surface area contributed by atoms with E-state index >= 15 is 0 Å². The van der Waals surface area contributed by atoms with Crippen molar-refractivity contribution in [2.45, 2.75) is 37.0 Å². The van der Waals surface area contributed by atoms with Crippen molar-refractivity contribution in [3.05, 3.63) is 24.3 Å². The van der Waals surface area contributed by atoms with Gasteiger partial charge >= 0.3 is 5.97 Å². The van der Waals surface area contributed by atoms with Crippen molar-refractivity contribution in [2.75, 3.05) is 24.5 Å². The zero-order valence-electron chi connectivity index (χ0n) is 13.9. The summed E-state index contributed by atoms with van der Waals surface area (Å²) in [5.74, 6) is -1.96. The molecule has 1 atom stereocenters. The number of nitrogens with zero attached hydrogens (tertiary/aromatic N) is 2. The van der Waals surface area contributed by atoms with E-state index in [0.29, 0.717) is 18.8 Å². The van der Waals surface area contributed by atoms with Gasteiger partial charge in [0.25, 0.3) is 0 Å². The molecule has 1 amide bonds. The maximum Gasteiger partial charge on any atom is 0.308 e. The van der Waals surface area contributed by atoms with Gasteiger partial charge in [-0.1, -0.05) is 12.8 Å². The number of carbonyl (C=O) groups excluding carboxylic acids is 1. The van der Waals surface area contributed by atoms with E-state index in [1.807, 2.05) is 0 Å². The molecule has 0 bridgehead atoms. The molecule has 7 nitrogen and oxygen atoms in total. The van der Waals surface area contributed by atoms with Gasteiger partial charge in [0.1, 0.15) is 0 Å². The second kappa shape index (κ2) is 7.13. The molecule has 1 aromatic rings. The Kier molecular flexibility index (Phi) is 5.10. The van der Waals surface area contributed by atoms with Gasteiger partial charge in [-0.3, -0.25) is 9.59 Å². The second-order valence-corrected chi connectivity index (χ2v) is 8.49. The van der Waals surface area contributed by atoms with Crippen LogP contribution in [0.1, 0.15) is 32.1 Å². The topological polar surface area (TPSA) is 95.0 Å². The highest BCUT2D eigenvalue weighted by atomic mass is 32.2. The maximum atomic E-state index is 12.7. The van der Waals surface area contributed by atoms with Gasteiger partial charge in [-0.2, -0.15) is 4.31 Å². The van der Waals surface area contributed by atoms with Crippen molar-refractivity contribution in [1.29, 1.82) is 0 Å². The first-order chi connectivity index (χ1) is 11.9. The van der Waals surface area contributed by atoms with E-state index in [-0.39, 0.29) is 23.8 Å². The third kappa shape index (κ3) is 3.69. The molecule has 2 aliphatic rings. The van der Waals surface area contributed by atoms with Crippen LogP contribution in [0.5, 0.6) is 0 Å². The van der Waals surface area contributed by atoms with Crippen LogP contribution in [0.3, 0.4) is 0 Å². The van der Waals surface area contributed by atoms with Crippen LogP contribution in [0.15, 0.2) is 29.2 Å². The van der Waals surface area contributed by atoms with Crippen LogP contribution in [-0.2, 0) is 19.6 Å². The fourth-order valence-electron chi connectivity index (χ4n) is 3.35. The summed E-state index contributed by atoms with van der Waals surface area (Å²) in [6.45, 7) is 1.19. The number of rotatable bonds is 4. The molecule has 0 radical (unpaired) electrons. The van der Waals surface area contributed by atoms with Crippen LogP contribution in [-0.4, -0.2) is 49.3 Å². The number of hydrogen-bond donors (Lipinski definition) is 1. The molecule has 2 aliphatic heterocycles. The van der Waals surface area contributed by atoms with E-state index in [1.54, 1.807) is 12.1 Å². The van der Waals surface area contributed by atoms with Crippen LogP contribution in [0.2, 0.25) is 0 Å². The van der Waals surface area contributed by atoms with Gasteiger partial charge in [0.05, 0.1) is 10.8 Å². The second-order valence-electron chi connectivity index (χ2n) is 6.56. The molecule has 0 saturated carbocycles. The van der Waals surface area contributed by atoms with Gasteiger partial charge in [0.15, 0.2) is 0 Å². The molecule has 8 heteroatoms. The van der Waals surface area contributed by atoms with E-state index in [9.17, 15) is 18.0 Å². The Balaban J connectivity index is 1.78. The summed E-state index contributed by atoms with van der Waals surface area (Å²) < 4.78 is 27.0. The number of anilines is 1. The Morgan fingerprint density at radius 1 is 1.04 bits per heavy atom. The summed E-state index contributed by atoms with van der Waals surface area (Å²) in [6.07, 6.45) is 3.81. The molecule has 0 aromatic heterocycles. The molecule has 3 rings (SSSR count). The minimum absolute atomic E-state index is 0.0246. The lowest BCUT2D eigenvalue weighted by atomic mass is 10.1. The van der Waals surface area contributed by atoms with Gasteiger partial charge in [-0.25, -0.2) is 8.42 Å². The summed E-state index contributed by atoms with van der Waals surface area (Å²) in [4.78, 5) is 24.7. The maximum absolute atomic E-state index is 12.7. The van der Waals surface area contributed by atoms with Gasteiger partial charge < -0.3 is 10.0 Å². The smallest absolute Gasteiger partial charge is 0.308 e. The van der Waals surface area contributed by atoms with Crippen molar-refractivity contribution in [3.8, 4) is 0 Å². The molecule has 0 aliphatic carbocycles. The minimum Gasteiger partial charge on any atom is -0.481 e. The predicted molar refractivity (Wildman–Crippen MR) is 91.8 cm³/mol. The van der Waals surface area contributed by atoms with Gasteiger partial charge in [-0.05, 0) is 37.1 Å². The average Bonchev–Trinajstić information content (AvgIpc) is 2.80. The first-order valence-electron chi connectivity index (χ1n) is 8.53. The van der Waals surface area contributed by atoms with Crippen LogP contribution in [0.25, 0.3) is 0 Å². The highest BCUT2D eigenvalue weighted by Gasteiger charge is 2.35. The first-order valence-corrected chi connectivity index (χ1v) is 9.97. The van der Waals surface area contributed by atoms with Crippen LogP contribution >= 0.6 is 0 Å². The lowest BCUT2D eigenvalue weighted by molar-refractivity contribution is -0.141. The van der Waals surface area contributed by atoms with Crippen molar-refractivity contribution in [2.24, 2.45) is 5.92 Å². The quantitative estimate of drug-likeness (QED) is 0.875. The Bertz CT molecular complexity index is 752. The lowest BCUT2D eigenvalue weighted by Gasteiger charge is -2.21. The number of benzene rings is 1. The molecular formula is C17H22N2O5S. The predicted octanol–water partition coefficient (Wildman–Crippen LogP) is 1.69. The van der Waals surface area contributed by atoms with Crippen LogP contribution in [0, 0.1) is 5.92 Å². The van der Waals surface area contributed by atoms with Crippen molar-refractivity contribution in [3.63, 3.8) is 0 Å². The largest absolute Gasteiger partial charge is 0.481 e. The third-order valence-electron chi connectivity index (χ3n) is 4.83. The number of carboxylic acids is 1. The van der Waals surface area contributed by atoms with Crippen molar-refractivity contribution >= 4 is 27.6 Å². The van der Waals surface area contributed by atoms with Crippen molar-refractivity contribution in [1.82, 2.24) is 4.31 Å². The van der Waals surface area contributed by atoms with E-state index in [4.69, 9.17) is 5.11 Å². The molecular weight excluding hydrogens is 344 g/mol. The number of sulfonamides is 1. The average molecular weight is 366 g/mol. The van der Waals surface area contributed by atoms with E-state index in [0.717, 1.165) is 25.7 Å². The number of aliphatic carboxylic acids is 1. The lowest BCUT2D eigenvalue weighted by Crippen LogP contribution is -2.32. The number of carboxylic acid groups (broad SMARTS) is 1. The van der Waals surface area contributed by atoms with Gasteiger partial charge in [0, 0.05) is 31.7 Å². The van der Waals surface area contributed by atoms with E-state index in [1.165, 1.54) is 21.3 Å². The molecule has 2 heterocycles. The fourth-order valence-corrected chi connectivity index (χ4v) is 4.87. The minimum atomic E-state index is -3.53. The summed E-state index contributed by atoms with van der Waals surface area (Å²) in [5, 5.41) is 9.05. The van der Waals surface area contributed by atoms with Crippen LogP contribution in [0.4, 0.5) is 5.69 Å². The molecule has 1 N–H and O–H groups in total. The number of amides is 1. The highest BCUT2D eigenvalue weighted by Crippen LogP contribution is 2.27. The first kappa shape index (κ1) is 17.9. The zero-order valence-corrected chi connectivity index (χ0v) is 14.7. The Morgan fingerprint density at radius 3 is 2.16 bits per heavy atom. The summed E-state index contributed by atoms with van der Waals surface area (Å²) in [6, 6.07) is 6.15. The van der Waals surface area contributed by atoms with Gasteiger partial charge in [0.2, 0.25) is 15.9 Å². The molecule has 136 valence electrons. The Labute approximate surface area is 147 Å². The molecule has 2 saturated heterocycles. The summed E-state index contributed by atoms with van der Waals surface area (Å²) >= 11 is 0. The SMILES string of the molecule is O=C(O)[C@H]1CC(=O)N(c2ccc(S(=O)(=O)N3CCCCCC3)cc2)C1. The summed E-state index contributed by atoms with van der Waals surface area (Å²) in [7, 11) is -3.53. The van der Waals surface area contributed by atoms with E-state index in [2.05, 4.69) is 0 Å². The molecule has 1 aromatic carbocycles. The Hall–Kier alpha value is -1.93. The number of carbonyl (C=O) groups is 2. The van der Waals surface area contributed by atoms with Crippen LogP contribution < -0.4 is 4.90 Å². The fraction of sp³-hybridized carbons (Fsp3) is 0.529. The highest BCUT2D eigenvalue weighted by molar-refractivity contribution is 7.89. The summed E-state index contributed by atoms with van der Waals surface area (Å²) in [5.41, 5.74) is 0.531. The van der Waals surface area contributed by atoms with E-state index < -0.39 is 21.9 Å². The monoisotopic (exact) mass is 366 g/mol. The molecule has 0 spiro atoms. The Morgan fingerprint density at radius 2 is 1.64 bits per heavy atom. The molecule has 2 fully saturated rings. The van der Waals surface area contributed by atoms with Crippen molar-refractivity contribution < 1.29 is 23.1 Å². The molecule has 25 heavy (non-hydrogen) atoms. The third-order valence-corrected chi connectivity index (χ3v) is 6.74. The standard InChI is InChI=1S/C17H22N2O5S/c20-16-11-13(17(21)22)12-19(16)14-5-7-15(8-6-14)25(23,24)18-9-3-1-2-4-10-18/h5-8,13H,1-4,9-12H2,(H,21,22)/t13-/m0/s1. The number of hydrogen-bond acceptors (Lipinski definition) is 4. The molecule has 0 unspecified atom stereocenters. The zero-order chi connectivity index (χ0) is 18.0. The van der Waals surface area contributed by atoms with Gasteiger partial charge in [-0.15, -0.1) is 0 Å².